The van der Waals surface area contributed by atoms with Gasteiger partial charge in [0.25, 0.3) is 0 Å². The molecule has 3 rings (SSSR count). The van der Waals surface area contributed by atoms with Crippen molar-refractivity contribution in [3.63, 3.8) is 0 Å². The molecule has 0 radical (unpaired) electrons. The summed E-state index contributed by atoms with van der Waals surface area (Å²) in [4.78, 5) is 0. The van der Waals surface area contributed by atoms with Gasteiger partial charge in [-0.05, 0) is 0 Å². The van der Waals surface area contributed by atoms with Crippen LogP contribution in [0.4, 0.5) is 0 Å². The molecule has 0 unspecified atom stereocenters. The number of aliphatic hydroxyl groups excluding tert-OH is 11. The Kier molecular flexibility index (Phi) is 9.54. The normalized spacial score (nSPS) is 52.5. The minimum atomic E-state index is -1.91. The Labute approximate surface area is 192 Å². The Morgan fingerprint density at radius 3 is 1.53 bits per heavy atom. The lowest BCUT2D eigenvalue weighted by molar-refractivity contribution is -0.363. The van der Waals surface area contributed by atoms with Crippen LogP contribution in [0.3, 0.4) is 0 Å². The first-order valence-electron chi connectivity index (χ1n) is 10.6. The third-order valence-electron chi connectivity index (χ3n) is 6.07. The first-order valence-corrected chi connectivity index (χ1v) is 10.6. The fourth-order valence-electron chi connectivity index (χ4n) is 3.95. The van der Waals surface area contributed by atoms with Crippen LogP contribution in [0.5, 0.6) is 0 Å². The molecule has 0 amide bonds. The third kappa shape index (κ3) is 5.52. The Morgan fingerprint density at radius 2 is 1.00 bits per heavy atom. The summed E-state index contributed by atoms with van der Waals surface area (Å²) in [6.45, 7) is -2.08. The van der Waals surface area contributed by atoms with Crippen molar-refractivity contribution in [2.24, 2.45) is 0 Å². The SMILES string of the molecule is OC[C@H]1O[C@@H](OC[C@H]2O[C@@H](O)[C@H](O)[C@@H](O)[C@@H]2O[C@@H]2O[C@H](CO)[C@@H](O)[C@H](O)[C@H]2O)[C@H](O)[C@@H](O)[C@@H]1O. The number of ether oxygens (including phenoxy) is 5. The maximum Gasteiger partial charge on any atom is 0.187 e. The van der Waals surface area contributed by atoms with E-state index in [2.05, 4.69) is 0 Å². The molecule has 0 aromatic rings. The van der Waals surface area contributed by atoms with Crippen LogP contribution in [0.15, 0.2) is 0 Å². The Balaban J connectivity index is 1.72. The van der Waals surface area contributed by atoms with Crippen molar-refractivity contribution < 1.29 is 79.9 Å². The second-order valence-electron chi connectivity index (χ2n) is 8.37. The highest BCUT2D eigenvalue weighted by Gasteiger charge is 2.51. The lowest BCUT2D eigenvalue weighted by Gasteiger charge is -2.46. The van der Waals surface area contributed by atoms with Crippen LogP contribution in [0.25, 0.3) is 0 Å². The number of rotatable bonds is 7. The molecule has 3 aliphatic rings. The molecular weight excluding hydrogens is 472 g/mol. The van der Waals surface area contributed by atoms with Gasteiger partial charge in [0, 0.05) is 0 Å². The van der Waals surface area contributed by atoms with E-state index in [1.54, 1.807) is 0 Å². The average molecular weight is 504 g/mol. The molecule has 0 bridgehead atoms. The molecule has 16 nitrogen and oxygen atoms in total. The van der Waals surface area contributed by atoms with E-state index in [4.69, 9.17) is 23.7 Å². The van der Waals surface area contributed by atoms with E-state index in [-0.39, 0.29) is 0 Å². The maximum absolute atomic E-state index is 10.4. The largest absolute Gasteiger partial charge is 0.394 e. The first-order chi connectivity index (χ1) is 16.0. The van der Waals surface area contributed by atoms with Crippen molar-refractivity contribution in [1.29, 1.82) is 0 Å². The smallest absolute Gasteiger partial charge is 0.187 e. The van der Waals surface area contributed by atoms with E-state index in [0.717, 1.165) is 0 Å². The molecular formula is C18H32O16. The molecule has 11 N–H and O–H groups in total. The fraction of sp³-hybridized carbons (Fsp3) is 1.00. The van der Waals surface area contributed by atoms with Gasteiger partial charge in [0.05, 0.1) is 19.8 Å². The zero-order valence-electron chi connectivity index (χ0n) is 17.7. The highest BCUT2D eigenvalue weighted by Crippen LogP contribution is 2.30. The Morgan fingerprint density at radius 1 is 0.500 bits per heavy atom. The summed E-state index contributed by atoms with van der Waals surface area (Å²) >= 11 is 0. The molecule has 3 heterocycles. The van der Waals surface area contributed by atoms with Crippen molar-refractivity contribution in [2.75, 3.05) is 19.8 Å². The summed E-state index contributed by atoms with van der Waals surface area (Å²) in [5.41, 5.74) is 0. The van der Waals surface area contributed by atoms with Gasteiger partial charge in [-0.2, -0.15) is 0 Å². The fourth-order valence-corrected chi connectivity index (χ4v) is 3.95. The molecule has 0 aliphatic carbocycles. The van der Waals surface area contributed by atoms with E-state index in [1.165, 1.54) is 0 Å². The summed E-state index contributed by atoms with van der Waals surface area (Å²) in [6, 6.07) is 0. The third-order valence-corrected chi connectivity index (χ3v) is 6.07. The number of hydrogen-bond acceptors (Lipinski definition) is 16. The summed E-state index contributed by atoms with van der Waals surface area (Å²) in [6.07, 6.45) is -25.0. The molecule has 0 aromatic heterocycles. The highest BCUT2D eigenvalue weighted by atomic mass is 16.7. The van der Waals surface area contributed by atoms with Crippen LogP contribution < -0.4 is 0 Å². The lowest BCUT2D eigenvalue weighted by Crippen LogP contribution is -2.65. The molecule has 0 spiro atoms. The first kappa shape index (κ1) is 27.9. The van der Waals surface area contributed by atoms with Gasteiger partial charge in [0.2, 0.25) is 0 Å². The van der Waals surface area contributed by atoms with Gasteiger partial charge in [-0.25, -0.2) is 0 Å². The van der Waals surface area contributed by atoms with Gasteiger partial charge in [-0.15, -0.1) is 0 Å². The minimum Gasteiger partial charge on any atom is -0.394 e. The molecule has 34 heavy (non-hydrogen) atoms. The molecule has 0 aromatic carbocycles. The van der Waals surface area contributed by atoms with Crippen LogP contribution in [0.1, 0.15) is 0 Å². The van der Waals surface area contributed by atoms with Crippen LogP contribution in [0, 0.1) is 0 Å². The van der Waals surface area contributed by atoms with E-state index >= 15 is 0 Å². The molecule has 3 saturated heterocycles. The van der Waals surface area contributed by atoms with E-state index < -0.39 is 112 Å². The summed E-state index contributed by atoms with van der Waals surface area (Å²) in [5, 5.41) is 109. The molecule has 3 fully saturated rings. The monoisotopic (exact) mass is 504 g/mol. The summed E-state index contributed by atoms with van der Waals surface area (Å²) in [7, 11) is 0. The van der Waals surface area contributed by atoms with Crippen molar-refractivity contribution >= 4 is 0 Å². The van der Waals surface area contributed by atoms with E-state index in [1.807, 2.05) is 0 Å². The van der Waals surface area contributed by atoms with Crippen molar-refractivity contribution in [1.82, 2.24) is 0 Å². The predicted octanol–water partition coefficient (Wildman–Crippen LogP) is -7.57. The standard InChI is InChI=1S/C18H32O16/c19-1-4-7(21)9(23)13(27)17(32-4)30-3-6-15(11(25)12(26)16(29)31-6)34-18-14(28)10(24)8(22)5(2-20)33-18/h4-29H,1-3H2/t4-,5-,6-,7-,8-,9+,10+,11-,12-,13-,14-,15-,16-,17-,18+/m1/s1. The van der Waals surface area contributed by atoms with Gasteiger partial charge >= 0.3 is 0 Å². The summed E-state index contributed by atoms with van der Waals surface area (Å²) < 4.78 is 26.4. The van der Waals surface area contributed by atoms with Crippen LogP contribution in [0.2, 0.25) is 0 Å². The maximum atomic E-state index is 10.4. The summed E-state index contributed by atoms with van der Waals surface area (Å²) in [5.74, 6) is 0. The van der Waals surface area contributed by atoms with Crippen LogP contribution >= 0.6 is 0 Å². The second-order valence-corrected chi connectivity index (χ2v) is 8.37. The number of hydrogen-bond donors (Lipinski definition) is 11. The van der Waals surface area contributed by atoms with Gasteiger partial charge in [-0.3, -0.25) is 0 Å². The van der Waals surface area contributed by atoms with E-state index in [0.29, 0.717) is 0 Å². The van der Waals surface area contributed by atoms with Gasteiger partial charge in [-0.1, -0.05) is 0 Å². The van der Waals surface area contributed by atoms with Gasteiger partial charge in [0.1, 0.15) is 73.2 Å². The van der Waals surface area contributed by atoms with Gasteiger partial charge < -0.3 is 79.9 Å². The van der Waals surface area contributed by atoms with E-state index in [9.17, 15) is 56.2 Å². The minimum absolute atomic E-state index is 0.619. The number of aliphatic hydroxyl groups is 11. The quantitative estimate of drug-likeness (QED) is 0.154. The Bertz CT molecular complexity index is 637. The van der Waals surface area contributed by atoms with Crippen molar-refractivity contribution in [3.05, 3.63) is 0 Å². The second kappa shape index (κ2) is 11.6. The predicted molar refractivity (Wildman–Crippen MR) is 101 cm³/mol. The zero-order chi connectivity index (χ0) is 25.3. The van der Waals surface area contributed by atoms with Gasteiger partial charge in [0.15, 0.2) is 18.9 Å². The topological polar surface area (TPSA) is 269 Å². The average Bonchev–Trinajstić information content (AvgIpc) is 2.82. The lowest BCUT2D eigenvalue weighted by atomic mass is 9.97. The van der Waals surface area contributed by atoms with Crippen molar-refractivity contribution in [3.8, 4) is 0 Å². The molecule has 200 valence electrons. The van der Waals surface area contributed by atoms with Crippen molar-refractivity contribution in [2.45, 2.75) is 92.1 Å². The molecule has 16 heteroatoms. The molecule has 0 saturated carbocycles. The Hall–Kier alpha value is -0.640. The zero-order valence-corrected chi connectivity index (χ0v) is 17.7. The molecule has 15 atom stereocenters. The van der Waals surface area contributed by atoms with Crippen LogP contribution in [-0.2, 0) is 23.7 Å². The highest BCUT2D eigenvalue weighted by molar-refractivity contribution is 4.94. The van der Waals surface area contributed by atoms with Crippen LogP contribution in [-0.4, -0.2) is 168 Å². The molecule has 3 aliphatic heterocycles.